The third-order valence-corrected chi connectivity index (χ3v) is 6.35. The summed E-state index contributed by atoms with van der Waals surface area (Å²) >= 11 is 0. The van der Waals surface area contributed by atoms with E-state index in [1.807, 2.05) is 10.6 Å². The lowest BCUT2D eigenvalue weighted by Crippen LogP contribution is -2.39. The van der Waals surface area contributed by atoms with Crippen molar-refractivity contribution in [2.24, 2.45) is 0 Å². The number of nitrogens with one attached hydrogen (secondary N) is 1. The van der Waals surface area contributed by atoms with E-state index in [-0.39, 0.29) is 0 Å². The first-order valence-electron chi connectivity index (χ1n) is 11.7. The van der Waals surface area contributed by atoms with E-state index in [2.05, 4.69) is 78.7 Å². The zero-order valence-electron chi connectivity index (χ0n) is 19.4. The van der Waals surface area contributed by atoms with Gasteiger partial charge in [-0.3, -0.25) is 4.90 Å². The summed E-state index contributed by atoms with van der Waals surface area (Å²) in [6, 6.07) is 21.0. The molecule has 2 aromatic carbocycles. The Kier molecular flexibility index (Phi) is 6.37. The number of aryl methyl sites for hydroxylation is 2. The number of anilines is 1. The summed E-state index contributed by atoms with van der Waals surface area (Å²) in [6.07, 6.45) is 0.815. The van der Waals surface area contributed by atoms with Gasteiger partial charge in [0.15, 0.2) is 5.65 Å². The summed E-state index contributed by atoms with van der Waals surface area (Å²) in [5, 5.41) is 8.69. The normalized spacial score (nSPS) is 14.6. The molecule has 5 rings (SSSR count). The number of nitrogens with zero attached hydrogens (tertiary/aromatic N) is 4. The molecule has 1 fully saturated rings. The van der Waals surface area contributed by atoms with E-state index in [1.54, 1.807) is 0 Å². The lowest BCUT2D eigenvalue weighted by Gasteiger charge is -2.27. The van der Waals surface area contributed by atoms with Crippen molar-refractivity contribution in [3.8, 4) is 11.1 Å². The van der Waals surface area contributed by atoms with Gasteiger partial charge in [-0.25, -0.2) is 4.98 Å². The standard InChI is InChI=1S/C27H31N5O/c1-20-24(19-22-9-5-3-6-10-22)26(28-13-14-31-15-17-33-18-16-31)32-27(29-20)25(21(2)30-32)23-11-7-4-8-12-23/h3-12,28H,13-19H2,1-2H3. The highest BCUT2D eigenvalue weighted by Crippen LogP contribution is 2.31. The highest BCUT2D eigenvalue weighted by molar-refractivity contribution is 5.81. The van der Waals surface area contributed by atoms with Crippen molar-refractivity contribution in [1.29, 1.82) is 0 Å². The molecular formula is C27H31N5O. The molecule has 0 spiro atoms. The van der Waals surface area contributed by atoms with Crippen molar-refractivity contribution in [2.45, 2.75) is 20.3 Å². The second-order valence-corrected chi connectivity index (χ2v) is 8.63. The highest BCUT2D eigenvalue weighted by atomic mass is 16.5. The van der Waals surface area contributed by atoms with Gasteiger partial charge in [-0.05, 0) is 25.0 Å². The first-order chi connectivity index (χ1) is 16.2. The second kappa shape index (κ2) is 9.73. The van der Waals surface area contributed by atoms with E-state index in [4.69, 9.17) is 14.8 Å². The van der Waals surface area contributed by atoms with Crippen LogP contribution in [0.4, 0.5) is 5.82 Å². The summed E-state index contributed by atoms with van der Waals surface area (Å²) in [6.45, 7) is 9.62. The molecule has 1 saturated heterocycles. The Labute approximate surface area is 195 Å². The molecule has 1 aliphatic rings. The van der Waals surface area contributed by atoms with Crippen LogP contribution in [0.15, 0.2) is 60.7 Å². The van der Waals surface area contributed by atoms with Gasteiger partial charge in [-0.15, -0.1) is 0 Å². The van der Waals surface area contributed by atoms with Gasteiger partial charge in [0, 0.05) is 49.4 Å². The van der Waals surface area contributed by atoms with E-state index in [1.165, 1.54) is 11.1 Å². The third kappa shape index (κ3) is 4.63. The molecule has 0 amide bonds. The Morgan fingerprint density at radius 1 is 0.909 bits per heavy atom. The lowest BCUT2D eigenvalue weighted by molar-refractivity contribution is 0.0398. The maximum absolute atomic E-state index is 5.50. The fourth-order valence-corrected chi connectivity index (χ4v) is 4.59. The Morgan fingerprint density at radius 3 is 2.33 bits per heavy atom. The number of benzene rings is 2. The minimum absolute atomic E-state index is 0.815. The van der Waals surface area contributed by atoms with Crippen molar-refractivity contribution in [2.75, 3.05) is 44.7 Å². The Hall–Kier alpha value is -3.22. The smallest absolute Gasteiger partial charge is 0.165 e. The molecule has 0 saturated carbocycles. The lowest BCUT2D eigenvalue weighted by atomic mass is 10.0. The van der Waals surface area contributed by atoms with Crippen LogP contribution >= 0.6 is 0 Å². The van der Waals surface area contributed by atoms with Gasteiger partial charge < -0.3 is 10.1 Å². The van der Waals surface area contributed by atoms with Crippen LogP contribution in [0.2, 0.25) is 0 Å². The molecule has 0 radical (unpaired) electrons. The van der Waals surface area contributed by atoms with Gasteiger partial charge in [0.25, 0.3) is 0 Å². The summed E-state index contributed by atoms with van der Waals surface area (Å²) in [5.41, 5.74) is 7.64. The maximum atomic E-state index is 5.50. The van der Waals surface area contributed by atoms with Crippen LogP contribution in [0.25, 0.3) is 16.8 Å². The molecule has 6 heteroatoms. The Morgan fingerprint density at radius 2 is 1.61 bits per heavy atom. The van der Waals surface area contributed by atoms with Gasteiger partial charge in [-0.1, -0.05) is 60.7 Å². The van der Waals surface area contributed by atoms with E-state index < -0.39 is 0 Å². The van der Waals surface area contributed by atoms with E-state index >= 15 is 0 Å². The SMILES string of the molecule is Cc1nc2c(-c3ccccc3)c(C)nn2c(NCCN2CCOCC2)c1Cc1ccccc1. The average Bonchev–Trinajstić information content (AvgIpc) is 3.18. The van der Waals surface area contributed by atoms with Crippen molar-refractivity contribution < 1.29 is 4.74 Å². The monoisotopic (exact) mass is 441 g/mol. The van der Waals surface area contributed by atoms with E-state index in [0.29, 0.717) is 0 Å². The molecule has 6 nitrogen and oxygen atoms in total. The number of aromatic nitrogens is 3. The van der Waals surface area contributed by atoms with Crippen LogP contribution in [-0.2, 0) is 11.2 Å². The number of fused-ring (bicyclic) bond motifs is 1. The zero-order chi connectivity index (χ0) is 22.6. The summed E-state index contributed by atoms with van der Waals surface area (Å²) < 4.78 is 7.51. The Bertz CT molecular complexity index is 1210. The minimum atomic E-state index is 0.815. The van der Waals surface area contributed by atoms with Crippen molar-refractivity contribution >= 4 is 11.5 Å². The van der Waals surface area contributed by atoms with Gasteiger partial charge in [0.05, 0.1) is 18.9 Å². The van der Waals surface area contributed by atoms with Crippen molar-refractivity contribution in [3.05, 3.63) is 83.2 Å². The quantitative estimate of drug-likeness (QED) is 0.462. The molecule has 1 aliphatic heterocycles. The molecule has 1 N–H and O–H groups in total. The largest absolute Gasteiger partial charge is 0.379 e. The van der Waals surface area contributed by atoms with Gasteiger partial charge in [0.2, 0.25) is 0 Å². The first kappa shape index (κ1) is 21.6. The number of hydrogen-bond donors (Lipinski definition) is 1. The predicted octanol–water partition coefficient (Wildman–Crippen LogP) is 4.35. The van der Waals surface area contributed by atoms with Crippen LogP contribution in [0.5, 0.6) is 0 Å². The fraction of sp³-hybridized carbons (Fsp3) is 0.333. The molecule has 0 unspecified atom stereocenters. The number of hydrogen-bond acceptors (Lipinski definition) is 5. The van der Waals surface area contributed by atoms with Crippen molar-refractivity contribution in [1.82, 2.24) is 19.5 Å². The predicted molar refractivity (Wildman–Crippen MR) is 133 cm³/mol. The van der Waals surface area contributed by atoms with Gasteiger partial charge >= 0.3 is 0 Å². The molecule has 3 heterocycles. The van der Waals surface area contributed by atoms with Crippen LogP contribution in [0.3, 0.4) is 0 Å². The maximum Gasteiger partial charge on any atom is 0.165 e. The average molecular weight is 442 g/mol. The van der Waals surface area contributed by atoms with Crippen LogP contribution in [-0.4, -0.2) is 58.9 Å². The second-order valence-electron chi connectivity index (χ2n) is 8.63. The zero-order valence-corrected chi connectivity index (χ0v) is 19.4. The van der Waals surface area contributed by atoms with Crippen LogP contribution in [0, 0.1) is 13.8 Å². The molecule has 4 aromatic rings. The summed E-state index contributed by atoms with van der Waals surface area (Å²) in [7, 11) is 0. The fourth-order valence-electron chi connectivity index (χ4n) is 4.59. The molecule has 2 aromatic heterocycles. The first-order valence-corrected chi connectivity index (χ1v) is 11.7. The molecule has 0 atom stereocenters. The van der Waals surface area contributed by atoms with Crippen LogP contribution in [0.1, 0.15) is 22.5 Å². The molecule has 0 bridgehead atoms. The number of ether oxygens (including phenoxy) is 1. The third-order valence-electron chi connectivity index (χ3n) is 6.35. The molecule has 170 valence electrons. The van der Waals surface area contributed by atoms with Gasteiger partial charge in [-0.2, -0.15) is 9.61 Å². The summed E-state index contributed by atoms with van der Waals surface area (Å²) in [5.74, 6) is 1.04. The van der Waals surface area contributed by atoms with Crippen LogP contribution < -0.4 is 5.32 Å². The van der Waals surface area contributed by atoms with E-state index in [9.17, 15) is 0 Å². The van der Waals surface area contributed by atoms with Crippen molar-refractivity contribution in [3.63, 3.8) is 0 Å². The highest BCUT2D eigenvalue weighted by Gasteiger charge is 2.20. The Balaban J connectivity index is 1.55. The van der Waals surface area contributed by atoms with Gasteiger partial charge in [0.1, 0.15) is 5.82 Å². The summed E-state index contributed by atoms with van der Waals surface area (Å²) in [4.78, 5) is 7.51. The topological polar surface area (TPSA) is 54.7 Å². The number of rotatable bonds is 7. The number of morpholine rings is 1. The molecule has 33 heavy (non-hydrogen) atoms. The minimum Gasteiger partial charge on any atom is -0.379 e. The molecule has 0 aliphatic carbocycles. The van der Waals surface area contributed by atoms with E-state index in [0.717, 1.165) is 79.8 Å². The molecular weight excluding hydrogens is 410 g/mol.